The summed E-state index contributed by atoms with van der Waals surface area (Å²) in [6.45, 7) is 3.12. The molecule has 2 aromatic rings. The Morgan fingerprint density at radius 1 is 1.34 bits per heavy atom. The Kier molecular flexibility index (Phi) is 6.54. The quantitative estimate of drug-likeness (QED) is 0.721. The fraction of sp³-hybridized carbons (Fsp3) is 0.429. The Labute approximate surface area is 172 Å². The van der Waals surface area contributed by atoms with Crippen LogP contribution >= 0.6 is 0 Å². The molecular formula is C21H27N3O4S. The van der Waals surface area contributed by atoms with Gasteiger partial charge in [-0.2, -0.15) is 4.31 Å². The maximum atomic E-state index is 13.1. The molecule has 0 aliphatic carbocycles. The van der Waals surface area contributed by atoms with Crippen LogP contribution in [-0.4, -0.2) is 61.0 Å². The molecule has 1 unspecified atom stereocenters. The van der Waals surface area contributed by atoms with Gasteiger partial charge in [-0.05, 0) is 55.2 Å². The van der Waals surface area contributed by atoms with E-state index in [9.17, 15) is 13.2 Å². The van der Waals surface area contributed by atoms with Crippen molar-refractivity contribution in [3.63, 3.8) is 0 Å². The van der Waals surface area contributed by atoms with E-state index in [1.54, 1.807) is 42.6 Å². The topological polar surface area (TPSA) is 79.8 Å². The molecule has 7 nitrogen and oxygen atoms in total. The highest BCUT2D eigenvalue weighted by Gasteiger charge is 2.33. The summed E-state index contributed by atoms with van der Waals surface area (Å²) in [7, 11) is -1.85. The van der Waals surface area contributed by atoms with Gasteiger partial charge in [0.05, 0.1) is 13.4 Å². The molecular weight excluding hydrogens is 390 g/mol. The van der Waals surface area contributed by atoms with E-state index in [0.717, 1.165) is 24.0 Å². The third-order valence-corrected chi connectivity index (χ3v) is 6.52. The van der Waals surface area contributed by atoms with Crippen LogP contribution in [0.2, 0.25) is 0 Å². The predicted molar refractivity (Wildman–Crippen MR) is 111 cm³/mol. The Bertz CT molecular complexity index is 963. The molecule has 0 bridgehead atoms. The van der Waals surface area contributed by atoms with E-state index in [-0.39, 0.29) is 18.5 Å². The molecule has 1 saturated heterocycles. The smallest absolute Gasteiger partial charge is 0.254 e. The number of aromatic nitrogens is 1. The van der Waals surface area contributed by atoms with E-state index in [0.29, 0.717) is 24.4 Å². The molecule has 2 heterocycles. The number of carbonyl (C=O) groups is 1. The zero-order valence-corrected chi connectivity index (χ0v) is 17.9. The van der Waals surface area contributed by atoms with Crippen LogP contribution in [-0.2, 0) is 16.6 Å². The number of sulfonamides is 1. The molecule has 1 fully saturated rings. The summed E-state index contributed by atoms with van der Waals surface area (Å²) in [6.07, 6.45) is 6.03. The summed E-state index contributed by atoms with van der Waals surface area (Å²) in [4.78, 5) is 18.9. The van der Waals surface area contributed by atoms with Gasteiger partial charge in [-0.3, -0.25) is 9.78 Å². The number of piperidine rings is 1. The number of carbonyl (C=O) groups excluding carboxylic acids is 1. The Morgan fingerprint density at radius 3 is 2.76 bits per heavy atom. The van der Waals surface area contributed by atoms with Crippen molar-refractivity contribution >= 4 is 15.9 Å². The van der Waals surface area contributed by atoms with Crippen molar-refractivity contribution in [3.8, 4) is 5.75 Å². The summed E-state index contributed by atoms with van der Waals surface area (Å²) < 4.78 is 31.7. The average molecular weight is 418 g/mol. The zero-order chi connectivity index (χ0) is 21.0. The van der Waals surface area contributed by atoms with Gasteiger partial charge in [-0.1, -0.05) is 6.07 Å². The van der Waals surface area contributed by atoms with Crippen molar-refractivity contribution in [1.82, 2.24) is 14.2 Å². The second-order valence-corrected chi connectivity index (χ2v) is 9.33. The third kappa shape index (κ3) is 5.13. The van der Waals surface area contributed by atoms with Gasteiger partial charge in [-0.25, -0.2) is 8.42 Å². The van der Waals surface area contributed by atoms with Crippen LogP contribution in [0.1, 0.15) is 34.3 Å². The van der Waals surface area contributed by atoms with Gasteiger partial charge in [0.2, 0.25) is 10.0 Å². The van der Waals surface area contributed by atoms with Gasteiger partial charge >= 0.3 is 0 Å². The molecule has 1 aliphatic heterocycles. The number of pyridine rings is 1. The van der Waals surface area contributed by atoms with E-state index >= 15 is 0 Å². The fourth-order valence-electron chi connectivity index (χ4n) is 3.74. The normalized spacial score (nSPS) is 17.4. The molecule has 1 amide bonds. The number of aryl methyl sites for hydroxylation is 1. The maximum Gasteiger partial charge on any atom is 0.254 e. The molecule has 0 saturated carbocycles. The standard InChI is InChI=1S/C21H27N3O4S/c1-16-12-19(28-2)8-9-20(16)21(25)23-11-5-7-18(15-23)24(29(3,26)27)14-17-6-4-10-22-13-17/h4,6,8-10,12-13,18H,5,7,11,14-15H2,1-3H3. The zero-order valence-electron chi connectivity index (χ0n) is 17.0. The average Bonchev–Trinajstić information content (AvgIpc) is 2.71. The first-order chi connectivity index (χ1) is 13.8. The molecule has 156 valence electrons. The van der Waals surface area contributed by atoms with Gasteiger partial charge < -0.3 is 9.64 Å². The van der Waals surface area contributed by atoms with Gasteiger partial charge in [-0.15, -0.1) is 0 Å². The number of likely N-dealkylation sites (tertiary alicyclic amines) is 1. The lowest BCUT2D eigenvalue weighted by Crippen LogP contribution is -2.51. The molecule has 8 heteroatoms. The van der Waals surface area contributed by atoms with Crippen LogP contribution in [0.4, 0.5) is 0 Å². The van der Waals surface area contributed by atoms with Crippen molar-refractivity contribution < 1.29 is 17.9 Å². The van der Waals surface area contributed by atoms with Gasteiger partial charge in [0, 0.05) is 43.6 Å². The van der Waals surface area contributed by atoms with Crippen LogP contribution < -0.4 is 4.74 Å². The van der Waals surface area contributed by atoms with E-state index < -0.39 is 10.0 Å². The highest BCUT2D eigenvalue weighted by atomic mass is 32.2. The first-order valence-electron chi connectivity index (χ1n) is 9.59. The summed E-state index contributed by atoms with van der Waals surface area (Å²) >= 11 is 0. The number of amides is 1. The molecule has 1 atom stereocenters. The Hall–Kier alpha value is -2.45. The molecule has 1 aromatic carbocycles. The number of nitrogens with zero attached hydrogens (tertiary/aromatic N) is 3. The first kappa shape index (κ1) is 21.3. The van der Waals surface area contributed by atoms with Crippen molar-refractivity contribution in [2.75, 3.05) is 26.5 Å². The van der Waals surface area contributed by atoms with E-state index in [2.05, 4.69) is 4.98 Å². The Balaban J connectivity index is 1.80. The van der Waals surface area contributed by atoms with Crippen LogP contribution in [0.5, 0.6) is 5.75 Å². The number of ether oxygens (including phenoxy) is 1. The molecule has 29 heavy (non-hydrogen) atoms. The third-order valence-electron chi connectivity index (χ3n) is 5.24. The molecule has 3 rings (SSSR count). The minimum absolute atomic E-state index is 0.0790. The number of hydrogen-bond acceptors (Lipinski definition) is 5. The van der Waals surface area contributed by atoms with Crippen molar-refractivity contribution in [2.45, 2.75) is 32.4 Å². The maximum absolute atomic E-state index is 13.1. The summed E-state index contributed by atoms with van der Waals surface area (Å²) in [5.41, 5.74) is 2.28. The van der Waals surface area contributed by atoms with Crippen LogP contribution in [0.25, 0.3) is 0 Å². The van der Waals surface area contributed by atoms with E-state index in [4.69, 9.17) is 4.74 Å². The van der Waals surface area contributed by atoms with Crippen molar-refractivity contribution in [1.29, 1.82) is 0 Å². The number of benzene rings is 1. The second-order valence-electron chi connectivity index (χ2n) is 7.40. The number of rotatable bonds is 6. The lowest BCUT2D eigenvalue weighted by Gasteiger charge is -2.38. The van der Waals surface area contributed by atoms with Crippen molar-refractivity contribution in [3.05, 3.63) is 59.4 Å². The summed E-state index contributed by atoms with van der Waals surface area (Å²) in [6, 6.07) is 8.76. The van der Waals surface area contributed by atoms with Crippen LogP contribution in [0.3, 0.4) is 0 Å². The van der Waals surface area contributed by atoms with Gasteiger partial charge in [0.1, 0.15) is 5.75 Å². The highest BCUT2D eigenvalue weighted by molar-refractivity contribution is 7.88. The second kappa shape index (κ2) is 8.92. The van der Waals surface area contributed by atoms with Gasteiger partial charge in [0.25, 0.3) is 5.91 Å². The molecule has 1 aromatic heterocycles. The molecule has 0 N–H and O–H groups in total. The number of methoxy groups -OCH3 is 1. The SMILES string of the molecule is COc1ccc(C(=O)N2CCCC(N(Cc3cccnc3)S(C)(=O)=O)C2)c(C)c1. The van der Waals surface area contributed by atoms with Crippen molar-refractivity contribution in [2.24, 2.45) is 0 Å². The summed E-state index contributed by atoms with van der Waals surface area (Å²) in [5.74, 6) is 0.625. The Morgan fingerprint density at radius 2 is 2.14 bits per heavy atom. The van der Waals surface area contributed by atoms with Crippen LogP contribution in [0, 0.1) is 6.92 Å². The van der Waals surface area contributed by atoms with Crippen LogP contribution in [0.15, 0.2) is 42.7 Å². The number of hydrogen-bond donors (Lipinski definition) is 0. The molecule has 1 aliphatic rings. The fourth-order valence-corrected chi connectivity index (χ4v) is 4.83. The predicted octanol–water partition coefficient (Wildman–Crippen LogP) is 2.47. The van der Waals surface area contributed by atoms with E-state index in [1.807, 2.05) is 19.1 Å². The van der Waals surface area contributed by atoms with E-state index in [1.165, 1.54) is 10.6 Å². The summed E-state index contributed by atoms with van der Waals surface area (Å²) in [5, 5.41) is 0. The lowest BCUT2D eigenvalue weighted by atomic mass is 10.0. The molecule has 0 spiro atoms. The lowest BCUT2D eigenvalue weighted by molar-refractivity contribution is 0.0650. The minimum Gasteiger partial charge on any atom is -0.497 e. The highest BCUT2D eigenvalue weighted by Crippen LogP contribution is 2.24. The largest absolute Gasteiger partial charge is 0.497 e. The monoisotopic (exact) mass is 417 g/mol. The van der Waals surface area contributed by atoms with Gasteiger partial charge in [0.15, 0.2) is 0 Å². The molecule has 0 radical (unpaired) electrons. The minimum atomic E-state index is -3.44. The first-order valence-corrected chi connectivity index (χ1v) is 11.4.